The second-order valence-electron chi connectivity index (χ2n) is 4.97. The second-order valence-corrected chi connectivity index (χ2v) is 4.97. The first-order valence-electron chi connectivity index (χ1n) is 7.14. The molecule has 2 rings (SSSR count). The molecule has 1 aromatic heterocycles. The summed E-state index contributed by atoms with van der Waals surface area (Å²) in [6.07, 6.45) is 6.44. The van der Waals surface area contributed by atoms with Gasteiger partial charge in [-0.05, 0) is 48.2 Å². The number of nitrogens with zero attached hydrogens (tertiary/aromatic N) is 1. The maximum atomic E-state index is 5.95. The highest BCUT2D eigenvalue weighted by atomic mass is 16.5. The average molecular weight is 270 g/mol. The quantitative estimate of drug-likeness (QED) is 0.841. The predicted octanol–water partition coefficient (Wildman–Crippen LogP) is 2.98. The van der Waals surface area contributed by atoms with E-state index in [9.17, 15) is 0 Å². The Kier molecular flexibility index (Phi) is 5.56. The molecule has 0 aliphatic heterocycles. The summed E-state index contributed by atoms with van der Waals surface area (Å²) in [5.74, 6) is 0.910. The van der Waals surface area contributed by atoms with Gasteiger partial charge < -0.3 is 10.5 Å². The van der Waals surface area contributed by atoms with Crippen LogP contribution < -0.4 is 10.5 Å². The van der Waals surface area contributed by atoms with Crippen molar-refractivity contribution in [3.05, 3.63) is 59.9 Å². The van der Waals surface area contributed by atoms with E-state index >= 15 is 0 Å². The summed E-state index contributed by atoms with van der Waals surface area (Å²) < 4.78 is 5.74. The van der Waals surface area contributed by atoms with Gasteiger partial charge in [0, 0.05) is 24.9 Å². The van der Waals surface area contributed by atoms with Crippen LogP contribution in [0.1, 0.15) is 24.5 Å². The van der Waals surface area contributed by atoms with Gasteiger partial charge in [0.25, 0.3) is 0 Å². The molecule has 106 valence electrons. The van der Waals surface area contributed by atoms with Gasteiger partial charge in [0.2, 0.25) is 0 Å². The minimum atomic E-state index is 0.244. The van der Waals surface area contributed by atoms with E-state index in [1.54, 1.807) is 12.4 Å². The fourth-order valence-corrected chi connectivity index (χ4v) is 2.01. The normalized spacial score (nSPS) is 12.1. The first kappa shape index (κ1) is 14.5. The molecular weight excluding hydrogens is 248 g/mol. The van der Waals surface area contributed by atoms with Gasteiger partial charge in [-0.25, -0.2) is 0 Å². The third-order valence-corrected chi connectivity index (χ3v) is 3.35. The lowest BCUT2D eigenvalue weighted by atomic mass is 10.0. The highest BCUT2D eigenvalue weighted by molar-refractivity contribution is 5.27. The number of aromatic nitrogens is 1. The first-order chi connectivity index (χ1) is 9.78. The minimum absolute atomic E-state index is 0.244. The first-order valence-corrected chi connectivity index (χ1v) is 7.14. The van der Waals surface area contributed by atoms with Gasteiger partial charge >= 0.3 is 0 Å². The van der Waals surface area contributed by atoms with Crippen molar-refractivity contribution in [1.82, 2.24) is 4.98 Å². The number of benzene rings is 1. The van der Waals surface area contributed by atoms with Crippen molar-refractivity contribution < 1.29 is 4.74 Å². The molecule has 0 bridgehead atoms. The highest BCUT2D eigenvalue weighted by Gasteiger charge is 2.02. The zero-order valence-electron chi connectivity index (χ0n) is 12.0. The number of hydrogen-bond acceptors (Lipinski definition) is 3. The topological polar surface area (TPSA) is 48.1 Å². The Balaban J connectivity index is 1.79. The van der Waals surface area contributed by atoms with Gasteiger partial charge in [-0.2, -0.15) is 0 Å². The third kappa shape index (κ3) is 4.67. The van der Waals surface area contributed by atoms with Crippen LogP contribution in [0.3, 0.4) is 0 Å². The van der Waals surface area contributed by atoms with E-state index in [1.165, 1.54) is 11.1 Å². The summed E-state index contributed by atoms with van der Waals surface area (Å²) in [6, 6.07) is 12.5. The SMILES string of the molecule is CCC(N)Cc1ccc(OCCc2ccncc2)cc1. The van der Waals surface area contributed by atoms with Crippen LogP contribution in [0.4, 0.5) is 0 Å². The van der Waals surface area contributed by atoms with Gasteiger partial charge in [-0.15, -0.1) is 0 Å². The molecule has 0 saturated carbocycles. The standard InChI is InChI=1S/C17H22N2O/c1-2-16(18)13-15-3-5-17(6-4-15)20-12-9-14-7-10-19-11-8-14/h3-8,10-11,16H,2,9,12-13,18H2,1H3. The van der Waals surface area contributed by atoms with Crippen LogP contribution in [0.25, 0.3) is 0 Å². The van der Waals surface area contributed by atoms with Crippen LogP contribution in [-0.2, 0) is 12.8 Å². The zero-order valence-corrected chi connectivity index (χ0v) is 12.0. The summed E-state index contributed by atoms with van der Waals surface area (Å²) in [7, 11) is 0. The van der Waals surface area contributed by atoms with Crippen LogP contribution >= 0.6 is 0 Å². The number of rotatable bonds is 7. The van der Waals surface area contributed by atoms with Crippen molar-refractivity contribution in [2.45, 2.75) is 32.2 Å². The van der Waals surface area contributed by atoms with E-state index in [0.29, 0.717) is 6.61 Å². The Hall–Kier alpha value is -1.87. The van der Waals surface area contributed by atoms with E-state index < -0.39 is 0 Å². The summed E-state index contributed by atoms with van der Waals surface area (Å²) >= 11 is 0. The molecule has 1 unspecified atom stereocenters. The minimum Gasteiger partial charge on any atom is -0.493 e. The molecule has 0 spiro atoms. The second kappa shape index (κ2) is 7.65. The van der Waals surface area contributed by atoms with Gasteiger partial charge in [0.15, 0.2) is 0 Å². The predicted molar refractivity (Wildman–Crippen MR) is 81.8 cm³/mol. The van der Waals surface area contributed by atoms with Gasteiger partial charge in [0.05, 0.1) is 6.61 Å². The van der Waals surface area contributed by atoms with Crippen LogP contribution in [0, 0.1) is 0 Å². The molecule has 0 radical (unpaired) electrons. The smallest absolute Gasteiger partial charge is 0.119 e. The lowest BCUT2D eigenvalue weighted by Gasteiger charge is -2.10. The highest BCUT2D eigenvalue weighted by Crippen LogP contribution is 2.14. The summed E-state index contributed by atoms with van der Waals surface area (Å²) in [5.41, 5.74) is 8.46. The van der Waals surface area contributed by atoms with E-state index in [0.717, 1.165) is 25.0 Å². The van der Waals surface area contributed by atoms with Crippen LogP contribution in [0.15, 0.2) is 48.8 Å². The Morgan fingerprint density at radius 3 is 2.40 bits per heavy atom. The molecule has 2 N–H and O–H groups in total. The number of hydrogen-bond donors (Lipinski definition) is 1. The monoisotopic (exact) mass is 270 g/mol. The summed E-state index contributed by atoms with van der Waals surface area (Å²) in [5, 5.41) is 0. The Morgan fingerprint density at radius 1 is 1.05 bits per heavy atom. The van der Waals surface area contributed by atoms with Gasteiger partial charge in [0.1, 0.15) is 5.75 Å². The van der Waals surface area contributed by atoms with E-state index in [1.807, 2.05) is 24.3 Å². The molecular formula is C17H22N2O. The molecule has 1 heterocycles. The molecule has 3 nitrogen and oxygen atoms in total. The lowest BCUT2D eigenvalue weighted by Crippen LogP contribution is -2.21. The van der Waals surface area contributed by atoms with Crippen LogP contribution in [0.5, 0.6) is 5.75 Å². The summed E-state index contributed by atoms with van der Waals surface area (Å²) in [4.78, 5) is 4.00. The lowest BCUT2D eigenvalue weighted by molar-refractivity contribution is 0.322. The maximum absolute atomic E-state index is 5.95. The average Bonchev–Trinajstić information content (AvgIpc) is 2.50. The maximum Gasteiger partial charge on any atom is 0.119 e. The van der Waals surface area contributed by atoms with E-state index in [2.05, 4.69) is 24.0 Å². The molecule has 0 fully saturated rings. The Bertz CT molecular complexity index is 496. The molecule has 0 aliphatic carbocycles. The van der Waals surface area contributed by atoms with Gasteiger partial charge in [-0.3, -0.25) is 4.98 Å². The molecule has 1 atom stereocenters. The molecule has 0 amide bonds. The fraction of sp³-hybridized carbons (Fsp3) is 0.353. The number of ether oxygens (including phenoxy) is 1. The number of nitrogens with two attached hydrogens (primary N) is 1. The molecule has 20 heavy (non-hydrogen) atoms. The molecule has 1 aromatic carbocycles. The third-order valence-electron chi connectivity index (χ3n) is 3.35. The Labute approximate surface area is 120 Å². The molecule has 0 aliphatic rings. The van der Waals surface area contributed by atoms with Crippen molar-refractivity contribution in [2.24, 2.45) is 5.73 Å². The van der Waals surface area contributed by atoms with Crippen molar-refractivity contribution >= 4 is 0 Å². The van der Waals surface area contributed by atoms with Crippen molar-refractivity contribution in [2.75, 3.05) is 6.61 Å². The van der Waals surface area contributed by atoms with E-state index in [4.69, 9.17) is 10.5 Å². The zero-order chi connectivity index (χ0) is 14.2. The van der Waals surface area contributed by atoms with Crippen LogP contribution in [-0.4, -0.2) is 17.6 Å². The largest absolute Gasteiger partial charge is 0.493 e. The Morgan fingerprint density at radius 2 is 1.75 bits per heavy atom. The number of pyridine rings is 1. The summed E-state index contributed by atoms with van der Waals surface area (Å²) in [6.45, 7) is 2.79. The van der Waals surface area contributed by atoms with Crippen LogP contribution in [0.2, 0.25) is 0 Å². The van der Waals surface area contributed by atoms with Crippen molar-refractivity contribution in [1.29, 1.82) is 0 Å². The fourth-order valence-electron chi connectivity index (χ4n) is 2.01. The molecule has 0 saturated heterocycles. The molecule has 3 heteroatoms. The van der Waals surface area contributed by atoms with Crippen molar-refractivity contribution in [3.63, 3.8) is 0 Å². The molecule has 2 aromatic rings. The van der Waals surface area contributed by atoms with Gasteiger partial charge in [-0.1, -0.05) is 19.1 Å². The van der Waals surface area contributed by atoms with Crippen molar-refractivity contribution in [3.8, 4) is 5.75 Å². The van der Waals surface area contributed by atoms with E-state index in [-0.39, 0.29) is 6.04 Å².